The molecular formula is C16H22Cl2N2O2. The Morgan fingerprint density at radius 2 is 2.00 bits per heavy atom. The fraction of sp³-hybridized carbons (Fsp3) is 0.500. The van der Waals surface area contributed by atoms with Crippen LogP contribution in [-0.2, 0) is 4.84 Å². The van der Waals surface area contributed by atoms with E-state index in [0.717, 1.165) is 31.5 Å². The van der Waals surface area contributed by atoms with Gasteiger partial charge in [0.2, 0.25) is 0 Å². The number of hydrogen-bond donors (Lipinski definition) is 0. The van der Waals surface area contributed by atoms with Crippen LogP contribution in [0, 0.1) is 5.92 Å². The molecule has 22 heavy (non-hydrogen) atoms. The maximum absolute atomic E-state index is 11.9. The normalized spacial score (nSPS) is 19.8. The van der Waals surface area contributed by atoms with Gasteiger partial charge in [0.25, 0.3) is 0 Å². The second-order valence-corrected chi connectivity index (χ2v) is 6.11. The molecule has 1 saturated carbocycles. The molecule has 0 spiro atoms. The Hall–Kier alpha value is -1.10. The highest BCUT2D eigenvalue weighted by molar-refractivity contribution is 6.30. The molecule has 1 aromatic carbocycles. The molecule has 0 radical (unpaired) electrons. The molecule has 0 aliphatic heterocycles. The van der Waals surface area contributed by atoms with Gasteiger partial charge in [0.1, 0.15) is 0 Å². The molecule has 0 bridgehead atoms. The number of benzene rings is 1. The highest BCUT2D eigenvalue weighted by Crippen LogP contribution is 2.22. The van der Waals surface area contributed by atoms with Crippen molar-refractivity contribution in [2.45, 2.75) is 25.7 Å². The maximum Gasteiger partial charge on any atom is 0.365 e. The molecule has 1 atom stereocenters. The molecule has 6 heteroatoms. The van der Waals surface area contributed by atoms with E-state index in [9.17, 15) is 4.79 Å². The topological polar surface area (TPSA) is 41.9 Å². The first-order chi connectivity index (χ1) is 10.1. The second kappa shape index (κ2) is 9.13. The van der Waals surface area contributed by atoms with Gasteiger partial charge in [0.05, 0.1) is 11.3 Å². The molecule has 0 saturated heterocycles. The molecular weight excluding hydrogens is 323 g/mol. The van der Waals surface area contributed by atoms with Gasteiger partial charge >= 0.3 is 5.97 Å². The lowest BCUT2D eigenvalue weighted by Gasteiger charge is -2.25. The van der Waals surface area contributed by atoms with E-state index < -0.39 is 5.97 Å². The molecule has 0 aromatic heterocycles. The smallest absolute Gasteiger partial charge is 0.313 e. The Morgan fingerprint density at radius 3 is 2.64 bits per heavy atom. The monoisotopic (exact) mass is 344 g/mol. The molecule has 0 heterocycles. The zero-order valence-electron chi connectivity index (χ0n) is 12.9. The molecule has 0 N–H and O–H groups in total. The van der Waals surface area contributed by atoms with E-state index in [4.69, 9.17) is 16.4 Å². The van der Waals surface area contributed by atoms with Crippen molar-refractivity contribution in [2.24, 2.45) is 11.1 Å². The third-order valence-electron chi connectivity index (χ3n) is 3.62. The number of rotatable bonds is 4. The minimum Gasteiger partial charge on any atom is -0.313 e. The highest BCUT2D eigenvalue weighted by atomic mass is 35.5. The SMILES string of the molecule is CN(C)CC1CCCC/C1=N/OC(=O)c1ccc(Cl)cc1.Cl. The number of hydrogen-bond acceptors (Lipinski definition) is 4. The highest BCUT2D eigenvalue weighted by Gasteiger charge is 2.22. The quantitative estimate of drug-likeness (QED) is 0.611. The van der Waals surface area contributed by atoms with Crippen LogP contribution in [0.25, 0.3) is 0 Å². The summed E-state index contributed by atoms with van der Waals surface area (Å²) in [5.74, 6) is -0.0555. The summed E-state index contributed by atoms with van der Waals surface area (Å²) < 4.78 is 0. The van der Waals surface area contributed by atoms with E-state index in [-0.39, 0.29) is 12.4 Å². The summed E-state index contributed by atoms with van der Waals surface area (Å²) in [6.07, 6.45) is 4.34. The van der Waals surface area contributed by atoms with Gasteiger partial charge in [-0.25, -0.2) is 4.79 Å². The molecule has 1 aliphatic carbocycles. The van der Waals surface area contributed by atoms with Crippen LogP contribution in [-0.4, -0.2) is 37.2 Å². The molecule has 1 aliphatic rings. The van der Waals surface area contributed by atoms with Crippen LogP contribution in [0.5, 0.6) is 0 Å². The molecule has 1 unspecified atom stereocenters. The fourth-order valence-electron chi connectivity index (χ4n) is 2.56. The van der Waals surface area contributed by atoms with Crippen molar-refractivity contribution in [3.63, 3.8) is 0 Å². The predicted octanol–water partition coefficient (Wildman–Crippen LogP) is 4.03. The van der Waals surface area contributed by atoms with Crippen LogP contribution >= 0.6 is 24.0 Å². The summed E-state index contributed by atoms with van der Waals surface area (Å²) in [5, 5.41) is 4.72. The fourth-order valence-corrected chi connectivity index (χ4v) is 2.69. The van der Waals surface area contributed by atoms with Crippen LogP contribution in [0.2, 0.25) is 5.02 Å². The van der Waals surface area contributed by atoms with E-state index in [1.807, 2.05) is 14.1 Å². The third kappa shape index (κ3) is 5.59. The zero-order chi connectivity index (χ0) is 15.2. The van der Waals surface area contributed by atoms with Crippen LogP contribution in [0.15, 0.2) is 29.4 Å². The molecule has 2 rings (SSSR count). The summed E-state index contributed by atoms with van der Waals surface area (Å²) in [4.78, 5) is 19.2. The summed E-state index contributed by atoms with van der Waals surface area (Å²) in [6, 6.07) is 6.62. The Morgan fingerprint density at radius 1 is 1.32 bits per heavy atom. The lowest BCUT2D eigenvalue weighted by molar-refractivity contribution is 0.0511. The van der Waals surface area contributed by atoms with Gasteiger partial charge in [-0.05, 0) is 57.6 Å². The standard InChI is InChI=1S/C16H21ClN2O2.ClH/c1-19(2)11-13-5-3-4-6-15(13)18-21-16(20)12-7-9-14(17)10-8-12;/h7-10,13H,3-6,11H2,1-2H3;1H/b18-15-;. The predicted molar refractivity (Wildman–Crippen MR) is 92.1 cm³/mol. The van der Waals surface area contributed by atoms with Gasteiger partial charge in [0.15, 0.2) is 0 Å². The summed E-state index contributed by atoms with van der Waals surface area (Å²) in [5.41, 5.74) is 1.46. The van der Waals surface area contributed by atoms with Gasteiger partial charge in [0, 0.05) is 17.5 Å². The van der Waals surface area contributed by atoms with Crippen molar-refractivity contribution >= 4 is 35.7 Å². The zero-order valence-corrected chi connectivity index (χ0v) is 14.5. The molecule has 122 valence electrons. The van der Waals surface area contributed by atoms with Crippen molar-refractivity contribution in [2.75, 3.05) is 20.6 Å². The van der Waals surface area contributed by atoms with Crippen molar-refractivity contribution in [3.05, 3.63) is 34.9 Å². The average molecular weight is 345 g/mol. The molecule has 0 amide bonds. The Bertz CT molecular complexity index is 515. The number of oxime groups is 1. The van der Waals surface area contributed by atoms with Crippen molar-refractivity contribution in [3.8, 4) is 0 Å². The second-order valence-electron chi connectivity index (χ2n) is 5.67. The third-order valence-corrected chi connectivity index (χ3v) is 3.87. The van der Waals surface area contributed by atoms with Crippen LogP contribution < -0.4 is 0 Å². The average Bonchev–Trinajstić information content (AvgIpc) is 2.46. The van der Waals surface area contributed by atoms with E-state index in [1.165, 1.54) is 6.42 Å². The molecule has 1 aromatic rings. The van der Waals surface area contributed by atoms with Crippen molar-refractivity contribution in [1.82, 2.24) is 4.90 Å². The summed E-state index contributed by atoms with van der Waals surface area (Å²) in [7, 11) is 4.10. The maximum atomic E-state index is 11.9. The van der Waals surface area contributed by atoms with Gasteiger partial charge in [-0.2, -0.15) is 0 Å². The van der Waals surface area contributed by atoms with Gasteiger partial charge < -0.3 is 9.74 Å². The number of carbonyl (C=O) groups is 1. The summed E-state index contributed by atoms with van der Waals surface area (Å²) >= 11 is 5.80. The number of halogens is 2. The first-order valence-corrected chi connectivity index (χ1v) is 7.62. The first-order valence-electron chi connectivity index (χ1n) is 7.24. The number of carbonyl (C=O) groups excluding carboxylic acids is 1. The lowest BCUT2D eigenvalue weighted by Crippen LogP contribution is -2.30. The van der Waals surface area contributed by atoms with Crippen LogP contribution in [0.4, 0.5) is 0 Å². The Balaban J connectivity index is 0.00000242. The minimum absolute atomic E-state index is 0. The van der Waals surface area contributed by atoms with Crippen molar-refractivity contribution in [1.29, 1.82) is 0 Å². The van der Waals surface area contributed by atoms with E-state index >= 15 is 0 Å². The minimum atomic E-state index is -0.437. The molecule has 1 fully saturated rings. The Kier molecular flexibility index (Phi) is 7.87. The van der Waals surface area contributed by atoms with Crippen LogP contribution in [0.1, 0.15) is 36.0 Å². The van der Waals surface area contributed by atoms with E-state index in [2.05, 4.69) is 10.1 Å². The van der Waals surface area contributed by atoms with E-state index in [0.29, 0.717) is 16.5 Å². The van der Waals surface area contributed by atoms with Gasteiger partial charge in [-0.1, -0.05) is 23.2 Å². The van der Waals surface area contributed by atoms with Gasteiger partial charge in [-0.3, -0.25) is 0 Å². The lowest BCUT2D eigenvalue weighted by atomic mass is 9.87. The van der Waals surface area contributed by atoms with Gasteiger partial charge in [-0.15, -0.1) is 12.4 Å². The number of nitrogens with zero attached hydrogens (tertiary/aromatic N) is 2. The largest absolute Gasteiger partial charge is 0.365 e. The van der Waals surface area contributed by atoms with E-state index in [1.54, 1.807) is 24.3 Å². The van der Waals surface area contributed by atoms with Crippen LogP contribution in [0.3, 0.4) is 0 Å². The van der Waals surface area contributed by atoms with Crippen molar-refractivity contribution < 1.29 is 9.63 Å². The summed E-state index contributed by atoms with van der Waals surface area (Å²) in [6.45, 7) is 0.942. The molecule has 4 nitrogen and oxygen atoms in total. The Labute approximate surface area is 142 Å². The first kappa shape index (κ1) is 18.9.